The third kappa shape index (κ3) is 3.44. The molecule has 0 amide bonds. The second-order valence-corrected chi connectivity index (χ2v) is 7.21. The summed E-state index contributed by atoms with van der Waals surface area (Å²) >= 11 is 0. The van der Waals surface area contributed by atoms with Gasteiger partial charge in [-0.1, -0.05) is 0 Å². The molecule has 0 unspecified atom stereocenters. The SMILES string of the molecule is Cc1cc(C)c2c(Oc3ncnc(N4CCN(C)CC4)c3[N+](=O)[O-])nn(C)c2n1. The number of piperazine rings is 1. The Morgan fingerprint density at radius 2 is 1.83 bits per heavy atom. The Labute approximate surface area is 167 Å². The van der Waals surface area contributed by atoms with Gasteiger partial charge < -0.3 is 14.5 Å². The highest BCUT2D eigenvalue weighted by molar-refractivity contribution is 5.85. The molecule has 1 aliphatic rings. The van der Waals surface area contributed by atoms with Crippen LogP contribution in [0.25, 0.3) is 11.0 Å². The number of aryl methyl sites for hydroxylation is 3. The van der Waals surface area contributed by atoms with Crippen molar-refractivity contribution in [2.45, 2.75) is 13.8 Å². The van der Waals surface area contributed by atoms with Gasteiger partial charge in [-0.3, -0.25) is 10.1 Å². The molecule has 4 rings (SSSR count). The molecule has 0 N–H and O–H groups in total. The largest absolute Gasteiger partial charge is 0.412 e. The van der Waals surface area contributed by atoms with E-state index in [4.69, 9.17) is 4.74 Å². The van der Waals surface area contributed by atoms with E-state index in [0.29, 0.717) is 24.1 Å². The Morgan fingerprint density at radius 1 is 1.10 bits per heavy atom. The van der Waals surface area contributed by atoms with Crippen LogP contribution in [0.5, 0.6) is 11.8 Å². The molecule has 1 aliphatic heterocycles. The van der Waals surface area contributed by atoms with E-state index in [-0.39, 0.29) is 23.3 Å². The summed E-state index contributed by atoms with van der Waals surface area (Å²) in [5.41, 5.74) is 2.17. The van der Waals surface area contributed by atoms with Crippen LogP contribution in [0, 0.1) is 24.0 Å². The maximum absolute atomic E-state index is 11.9. The fourth-order valence-electron chi connectivity index (χ4n) is 3.55. The van der Waals surface area contributed by atoms with Gasteiger partial charge in [0.25, 0.3) is 0 Å². The normalized spacial score (nSPS) is 15.1. The van der Waals surface area contributed by atoms with Crippen LogP contribution in [0.3, 0.4) is 0 Å². The van der Waals surface area contributed by atoms with Crippen LogP contribution in [0.15, 0.2) is 12.4 Å². The second-order valence-electron chi connectivity index (χ2n) is 7.21. The van der Waals surface area contributed by atoms with Crippen molar-refractivity contribution in [1.29, 1.82) is 0 Å². The first-order chi connectivity index (χ1) is 13.8. The van der Waals surface area contributed by atoms with Crippen molar-refractivity contribution < 1.29 is 9.66 Å². The van der Waals surface area contributed by atoms with Crippen molar-refractivity contribution in [2.24, 2.45) is 7.05 Å². The summed E-state index contributed by atoms with van der Waals surface area (Å²) in [7, 11) is 3.77. The van der Waals surface area contributed by atoms with Crippen molar-refractivity contribution in [3.63, 3.8) is 0 Å². The zero-order valence-electron chi connectivity index (χ0n) is 16.8. The number of fused-ring (bicyclic) bond motifs is 1. The molecule has 0 aromatic carbocycles. The average Bonchev–Trinajstić information content (AvgIpc) is 2.97. The summed E-state index contributed by atoms with van der Waals surface area (Å²) in [6, 6.07) is 1.92. The predicted octanol–water partition coefficient (Wildman–Crippen LogP) is 1.83. The van der Waals surface area contributed by atoms with E-state index in [2.05, 4.69) is 25.0 Å². The minimum atomic E-state index is -0.497. The average molecular weight is 398 g/mol. The Hall–Kier alpha value is -3.34. The molecule has 11 heteroatoms. The van der Waals surface area contributed by atoms with Crippen molar-refractivity contribution >= 4 is 22.5 Å². The van der Waals surface area contributed by atoms with Crippen molar-refractivity contribution in [3.8, 4) is 11.8 Å². The highest BCUT2D eigenvalue weighted by atomic mass is 16.6. The van der Waals surface area contributed by atoms with Crippen LogP contribution in [-0.2, 0) is 7.05 Å². The molecule has 0 aliphatic carbocycles. The summed E-state index contributed by atoms with van der Waals surface area (Å²) in [6.07, 6.45) is 1.29. The van der Waals surface area contributed by atoms with E-state index in [0.717, 1.165) is 24.3 Å². The van der Waals surface area contributed by atoms with Crippen LogP contribution in [0.4, 0.5) is 11.5 Å². The topological polar surface area (TPSA) is 115 Å². The standard InChI is InChI=1S/C18H22N8O3/c1-11-9-12(2)21-15-13(11)17(22-24(15)4)29-18-14(26(27)28)16(19-10-20-18)25-7-5-23(3)6-8-25/h9-10H,5-8H2,1-4H3. The van der Waals surface area contributed by atoms with Gasteiger partial charge >= 0.3 is 11.6 Å². The Balaban J connectivity index is 1.78. The predicted molar refractivity (Wildman–Crippen MR) is 106 cm³/mol. The van der Waals surface area contributed by atoms with Crippen LogP contribution < -0.4 is 9.64 Å². The number of pyridine rings is 1. The summed E-state index contributed by atoms with van der Waals surface area (Å²) < 4.78 is 7.47. The third-order valence-electron chi connectivity index (χ3n) is 5.03. The molecule has 3 aromatic rings. The lowest BCUT2D eigenvalue weighted by molar-refractivity contribution is -0.385. The molecule has 0 radical (unpaired) electrons. The van der Waals surface area contributed by atoms with E-state index in [9.17, 15) is 10.1 Å². The molecule has 0 bridgehead atoms. The lowest BCUT2D eigenvalue weighted by Crippen LogP contribution is -2.45. The Bertz CT molecular complexity index is 1090. The number of likely N-dealkylation sites (N-methyl/N-ethyl adjacent to an activating group) is 1. The lowest BCUT2D eigenvalue weighted by atomic mass is 10.2. The van der Waals surface area contributed by atoms with Gasteiger partial charge in [-0.15, -0.1) is 5.10 Å². The van der Waals surface area contributed by atoms with E-state index in [1.165, 1.54) is 6.33 Å². The molecular weight excluding hydrogens is 376 g/mol. The summed E-state index contributed by atoms with van der Waals surface area (Å²) in [6.45, 7) is 6.71. The Kier molecular flexibility index (Phi) is 4.74. The number of nitro groups is 1. The summed E-state index contributed by atoms with van der Waals surface area (Å²) in [5, 5.41) is 17.0. The van der Waals surface area contributed by atoms with Crippen molar-refractivity contribution in [3.05, 3.63) is 33.8 Å². The second kappa shape index (κ2) is 7.24. The maximum Gasteiger partial charge on any atom is 0.373 e. The Morgan fingerprint density at radius 3 is 2.52 bits per heavy atom. The van der Waals surface area contributed by atoms with Crippen molar-refractivity contribution in [1.82, 2.24) is 29.6 Å². The maximum atomic E-state index is 11.9. The third-order valence-corrected chi connectivity index (χ3v) is 5.03. The molecule has 1 fully saturated rings. The fourth-order valence-corrected chi connectivity index (χ4v) is 3.55. The van der Waals surface area contributed by atoms with E-state index >= 15 is 0 Å². The number of hydrogen-bond acceptors (Lipinski definition) is 9. The minimum Gasteiger partial charge on any atom is -0.412 e. The van der Waals surface area contributed by atoms with Crippen molar-refractivity contribution in [2.75, 3.05) is 38.1 Å². The first-order valence-corrected chi connectivity index (χ1v) is 9.27. The number of rotatable bonds is 4. The highest BCUT2D eigenvalue weighted by Gasteiger charge is 2.31. The number of nitrogens with zero attached hydrogens (tertiary/aromatic N) is 8. The van der Waals surface area contributed by atoms with Gasteiger partial charge in [-0.05, 0) is 32.5 Å². The van der Waals surface area contributed by atoms with E-state index in [1.54, 1.807) is 11.7 Å². The van der Waals surface area contributed by atoms with Gasteiger partial charge in [0.2, 0.25) is 11.7 Å². The molecule has 11 nitrogen and oxygen atoms in total. The molecule has 4 heterocycles. The van der Waals surface area contributed by atoms with Crippen LogP contribution >= 0.6 is 0 Å². The quantitative estimate of drug-likeness (QED) is 0.479. The lowest BCUT2D eigenvalue weighted by Gasteiger charge is -2.32. The van der Waals surface area contributed by atoms with Gasteiger partial charge in [-0.2, -0.15) is 4.98 Å². The number of ether oxygens (including phenoxy) is 1. The molecule has 29 heavy (non-hydrogen) atoms. The molecule has 1 saturated heterocycles. The van der Waals surface area contributed by atoms with Gasteiger partial charge in [0.05, 0.1) is 10.3 Å². The van der Waals surface area contributed by atoms with Crippen LogP contribution in [0.2, 0.25) is 0 Å². The van der Waals surface area contributed by atoms with Crippen LogP contribution in [0.1, 0.15) is 11.3 Å². The first-order valence-electron chi connectivity index (χ1n) is 9.27. The van der Waals surface area contributed by atoms with Gasteiger partial charge in [0, 0.05) is 38.9 Å². The monoisotopic (exact) mass is 398 g/mol. The molecule has 3 aromatic heterocycles. The number of anilines is 1. The molecule has 152 valence electrons. The zero-order valence-corrected chi connectivity index (χ0v) is 16.8. The fraction of sp³-hybridized carbons (Fsp3) is 0.444. The van der Waals surface area contributed by atoms with Gasteiger partial charge in [0.15, 0.2) is 5.65 Å². The molecular formula is C18H22N8O3. The minimum absolute atomic E-state index is 0.126. The summed E-state index contributed by atoms with van der Waals surface area (Å²) in [5.74, 6) is 0.372. The van der Waals surface area contributed by atoms with E-state index < -0.39 is 4.92 Å². The number of hydrogen-bond donors (Lipinski definition) is 0. The number of aromatic nitrogens is 5. The zero-order chi connectivity index (χ0) is 20.7. The molecule has 0 saturated carbocycles. The molecule has 0 spiro atoms. The highest BCUT2D eigenvalue weighted by Crippen LogP contribution is 2.38. The van der Waals surface area contributed by atoms with Gasteiger partial charge in [-0.25, -0.2) is 14.6 Å². The molecule has 0 atom stereocenters. The van der Waals surface area contributed by atoms with E-state index in [1.807, 2.05) is 31.9 Å². The smallest absolute Gasteiger partial charge is 0.373 e. The summed E-state index contributed by atoms with van der Waals surface area (Å²) in [4.78, 5) is 28.2. The van der Waals surface area contributed by atoms with Gasteiger partial charge in [0.1, 0.15) is 6.33 Å². The van der Waals surface area contributed by atoms with Crippen LogP contribution in [-0.4, -0.2) is 67.8 Å². The first kappa shape index (κ1) is 19.0.